The van der Waals surface area contributed by atoms with Crippen LogP contribution in [0, 0.1) is 25.5 Å². The van der Waals surface area contributed by atoms with Crippen molar-refractivity contribution in [2.24, 2.45) is 0 Å². The number of hydrogen-bond acceptors (Lipinski definition) is 4. The molecule has 170 valence electrons. The van der Waals surface area contributed by atoms with Gasteiger partial charge in [0, 0.05) is 35.5 Å². The molecular weight excluding hydrogens is 438 g/mol. The third kappa shape index (κ3) is 3.83. The minimum atomic E-state index is -0.689. The topological polar surface area (TPSA) is 73.0 Å². The van der Waals surface area contributed by atoms with E-state index in [1.54, 1.807) is 24.5 Å². The first-order valence-electron chi connectivity index (χ1n) is 10.6. The molecule has 1 amide bonds. The maximum Gasteiger partial charge on any atom is 0.221 e. The number of aromatic nitrogens is 3. The van der Waals surface area contributed by atoms with Crippen LogP contribution in [-0.2, 0) is 4.79 Å². The lowest BCUT2D eigenvalue weighted by Gasteiger charge is -2.13. The van der Waals surface area contributed by atoms with Gasteiger partial charge < -0.3 is 9.84 Å². The molecule has 6 nitrogen and oxygen atoms in total. The van der Waals surface area contributed by atoms with E-state index >= 15 is 0 Å². The molecule has 1 N–H and O–H groups in total. The molecule has 0 saturated heterocycles. The average Bonchev–Trinajstić information content (AvgIpc) is 3.35. The molecule has 0 spiro atoms. The Bertz CT molecular complexity index is 1550. The monoisotopic (exact) mass is 458 g/mol. The molecule has 0 radical (unpaired) electrons. The number of imidazole rings is 1. The summed E-state index contributed by atoms with van der Waals surface area (Å²) in [5, 5.41) is 6.77. The number of amides is 1. The summed E-state index contributed by atoms with van der Waals surface area (Å²) >= 11 is 0. The number of benzene rings is 3. The summed E-state index contributed by atoms with van der Waals surface area (Å²) in [6, 6.07) is 14.5. The van der Waals surface area contributed by atoms with Gasteiger partial charge in [-0.3, -0.25) is 9.36 Å². The van der Waals surface area contributed by atoms with Gasteiger partial charge in [0.05, 0.1) is 16.7 Å². The highest BCUT2D eigenvalue weighted by molar-refractivity contribution is 5.91. The molecule has 2 aromatic heterocycles. The molecule has 2 heterocycles. The lowest BCUT2D eigenvalue weighted by atomic mass is 10.0. The van der Waals surface area contributed by atoms with E-state index < -0.39 is 11.6 Å². The SMILES string of the molecule is CC(=O)Nc1cc(-c2ccc(F)cc2F)cc(-n2cnc3cc(-c4c(C)noc4C)ccc32)c1. The number of carbonyl (C=O) groups is 1. The highest BCUT2D eigenvalue weighted by Crippen LogP contribution is 2.33. The summed E-state index contributed by atoms with van der Waals surface area (Å²) in [5.41, 5.74) is 6.10. The molecule has 0 bridgehead atoms. The van der Waals surface area contributed by atoms with Gasteiger partial charge >= 0.3 is 0 Å². The van der Waals surface area contributed by atoms with E-state index in [4.69, 9.17) is 4.52 Å². The Morgan fingerprint density at radius 3 is 2.53 bits per heavy atom. The number of nitrogens with zero attached hydrogens (tertiary/aromatic N) is 3. The summed E-state index contributed by atoms with van der Waals surface area (Å²) in [5.74, 6) is -0.882. The van der Waals surface area contributed by atoms with Crippen molar-refractivity contribution in [3.63, 3.8) is 0 Å². The third-order valence-electron chi connectivity index (χ3n) is 5.63. The second-order valence-electron chi connectivity index (χ2n) is 8.09. The van der Waals surface area contributed by atoms with Crippen molar-refractivity contribution in [2.75, 3.05) is 5.32 Å². The van der Waals surface area contributed by atoms with Gasteiger partial charge in [-0.1, -0.05) is 11.2 Å². The third-order valence-corrected chi connectivity index (χ3v) is 5.63. The van der Waals surface area contributed by atoms with Crippen molar-refractivity contribution < 1.29 is 18.1 Å². The summed E-state index contributed by atoms with van der Waals surface area (Å²) in [6.45, 7) is 5.15. The number of hydrogen-bond donors (Lipinski definition) is 1. The normalized spacial score (nSPS) is 11.2. The van der Waals surface area contributed by atoms with E-state index in [2.05, 4.69) is 15.5 Å². The number of anilines is 1. The van der Waals surface area contributed by atoms with Crippen molar-refractivity contribution in [1.29, 1.82) is 0 Å². The standard InChI is InChI=1S/C26H20F2N4O2/c1-14-26(15(2)34-31-14)17-4-7-25-24(10-17)29-13-32(25)21-9-18(8-20(12-21)30-16(3)33)22-6-5-19(27)11-23(22)28/h4-13H,1-3H3,(H,30,33). The fraction of sp³-hybridized carbons (Fsp3) is 0.115. The molecule has 5 aromatic rings. The van der Waals surface area contributed by atoms with Gasteiger partial charge in [0.2, 0.25) is 5.91 Å². The highest BCUT2D eigenvalue weighted by atomic mass is 19.1. The largest absolute Gasteiger partial charge is 0.361 e. The van der Waals surface area contributed by atoms with Crippen LogP contribution in [-0.4, -0.2) is 20.6 Å². The Kier molecular flexibility index (Phi) is 5.20. The van der Waals surface area contributed by atoms with Crippen LogP contribution in [0.1, 0.15) is 18.4 Å². The molecule has 3 aromatic carbocycles. The number of nitrogens with one attached hydrogen (secondary N) is 1. The average molecular weight is 458 g/mol. The molecule has 8 heteroatoms. The maximum absolute atomic E-state index is 14.5. The van der Waals surface area contributed by atoms with Crippen LogP contribution in [0.3, 0.4) is 0 Å². The van der Waals surface area contributed by atoms with Gasteiger partial charge in [-0.25, -0.2) is 13.8 Å². The number of rotatable bonds is 4. The Morgan fingerprint density at radius 1 is 1.00 bits per heavy atom. The number of aryl methyl sites for hydroxylation is 2. The lowest BCUT2D eigenvalue weighted by molar-refractivity contribution is -0.114. The predicted octanol–water partition coefficient (Wildman–Crippen LogP) is 6.20. The minimum absolute atomic E-state index is 0.222. The zero-order chi connectivity index (χ0) is 24.0. The quantitative estimate of drug-likeness (QED) is 0.348. The molecule has 0 saturated carbocycles. The van der Waals surface area contributed by atoms with Gasteiger partial charge in [-0.05, 0) is 67.4 Å². The molecule has 0 aliphatic rings. The summed E-state index contributed by atoms with van der Waals surface area (Å²) < 4.78 is 35.1. The maximum atomic E-state index is 14.5. The smallest absolute Gasteiger partial charge is 0.221 e. The number of carbonyl (C=O) groups excluding carboxylic acids is 1. The molecule has 0 atom stereocenters. The first-order chi connectivity index (χ1) is 16.3. The van der Waals surface area contributed by atoms with E-state index in [1.165, 1.54) is 19.1 Å². The fourth-order valence-electron chi connectivity index (χ4n) is 4.17. The van der Waals surface area contributed by atoms with Crippen LogP contribution >= 0.6 is 0 Å². The number of fused-ring (bicyclic) bond motifs is 1. The molecule has 34 heavy (non-hydrogen) atoms. The Morgan fingerprint density at radius 2 is 1.82 bits per heavy atom. The first kappa shape index (κ1) is 21.5. The molecular formula is C26H20F2N4O2. The van der Waals surface area contributed by atoms with E-state index in [9.17, 15) is 13.6 Å². The highest BCUT2D eigenvalue weighted by Gasteiger charge is 2.15. The van der Waals surface area contributed by atoms with Crippen LogP contribution in [0.4, 0.5) is 14.5 Å². The molecule has 0 aliphatic carbocycles. The second-order valence-corrected chi connectivity index (χ2v) is 8.09. The predicted molar refractivity (Wildman–Crippen MR) is 126 cm³/mol. The Labute approximate surface area is 193 Å². The second kappa shape index (κ2) is 8.22. The Balaban J connectivity index is 1.65. The van der Waals surface area contributed by atoms with E-state index in [0.29, 0.717) is 16.9 Å². The fourth-order valence-corrected chi connectivity index (χ4v) is 4.17. The van der Waals surface area contributed by atoms with E-state index in [-0.39, 0.29) is 11.5 Å². The van der Waals surface area contributed by atoms with Gasteiger partial charge in [0.25, 0.3) is 0 Å². The summed E-state index contributed by atoms with van der Waals surface area (Å²) in [7, 11) is 0. The van der Waals surface area contributed by atoms with Crippen LogP contribution in [0.2, 0.25) is 0 Å². The zero-order valence-electron chi connectivity index (χ0n) is 18.7. The lowest BCUT2D eigenvalue weighted by Crippen LogP contribution is -2.07. The Hall–Kier alpha value is -4.33. The molecule has 0 unspecified atom stereocenters. The minimum Gasteiger partial charge on any atom is -0.361 e. The zero-order valence-corrected chi connectivity index (χ0v) is 18.7. The van der Waals surface area contributed by atoms with Crippen LogP contribution in [0.15, 0.2) is 65.4 Å². The van der Waals surface area contributed by atoms with Crippen molar-refractivity contribution in [2.45, 2.75) is 20.8 Å². The van der Waals surface area contributed by atoms with Crippen LogP contribution in [0.5, 0.6) is 0 Å². The number of halogens is 2. The van der Waals surface area contributed by atoms with Crippen molar-refractivity contribution in [3.8, 4) is 27.9 Å². The van der Waals surface area contributed by atoms with E-state index in [1.807, 2.05) is 36.6 Å². The van der Waals surface area contributed by atoms with Gasteiger partial charge in [0.1, 0.15) is 23.7 Å². The van der Waals surface area contributed by atoms with Gasteiger partial charge in [-0.15, -0.1) is 0 Å². The van der Waals surface area contributed by atoms with Crippen LogP contribution < -0.4 is 5.32 Å². The summed E-state index contributed by atoms with van der Waals surface area (Å²) in [4.78, 5) is 16.3. The molecule has 5 rings (SSSR count). The van der Waals surface area contributed by atoms with Crippen LogP contribution in [0.25, 0.3) is 39.0 Å². The van der Waals surface area contributed by atoms with Gasteiger partial charge in [-0.2, -0.15) is 0 Å². The summed E-state index contributed by atoms with van der Waals surface area (Å²) in [6.07, 6.45) is 1.67. The molecule has 0 aliphatic heterocycles. The van der Waals surface area contributed by atoms with Crippen molar-refractivity contribution in [1.82, 2.24) is 14.7 Å². The van der Waals surface area contributed by atoms with Gasteiger partial charge in [0.15, 0.2) is 0 Å². The van der Waals surface area contributed by atoms with Crippen molar-refractivity contribution >= 4 is 22.6 Å². The van der Waals surface area contributed by atoms with Crippen molar-refractivity contribution in [3.05, 3.63) is 84.0 Å². The molecule has 0 fully saturated rings. The first-order valence-corrected chi connectivity index (χ1v) is 10.6. The van der Waals surface area contributed by atoms with E-state index in [0.717, 1.165) is 39.7 Å².